The van der Waals surface area contributed by atoms with E-state index in [1.165, 1.54) is 24.0 Å². The quantitative estimate of drug-likeness (QED) is 0.677. The van der Waals surface area contributed by atoms with Crippen LogP contribution in [0.25, 0.3) is 0 Å². The number of rotatable bonds is 3. The van der Waals surface area contributed by atoms with Gasteiger partial charge < -0.3 is 15.1 Å². The topological polar surface area (TPSA) is 47.9 Å². The van der Waals surface area contributed by atoms with Crippen LogP contribution < -0.4 is 5.32 Å². The molecule has 5 nitrogen and oxygen atoms in total. The molecule has 25 heavy (non-hydrogen) atoms. The second-order valence-electron chi connectivity index (χ2n) is 7.20. The maximum absolute atomic E-state index is 12.6. The van der Waals surface area contributed by atoms with Gasteiger partial charge in [0.25, 0.3) is 0 Å². The summed E-state index contributed by atoms with van der Waals surface area (Å²) in [6.07, 6.45) is 3.42. The second kappa shape index (κ2) is 8.37. The zero-order chi connectivity index (χ0) is 17.6. The van der Waals surface area contributed by atoms with Crippen molar-refractivity contribution in [3.05, 3.63) is 35.4 Å². The molecule has 0 saturated carbocycles. The van der Waals surface area contributed by atoms with Gasteiger partial charge >= 0.3 is 0 Å². The summed E-state index contributed by atoms with van der Waals surface area (Å²) in [4.78, 5) is 21.5. The number of guanidine groups is 1. The smallest absolute Gasteiger partial charge is 0.244 e. The number of nitrogens with one attached hydrogen (secondary N) is 1. The highest BCUT2D eigenvalue weighted by atomic mass is 16.2. The summed E-state index contributed by atoms with van der Waals surface area (Å²) < 4.78 is 0. The highest BCUT2D eigenvalue weighted by molar-refractivity contribution is 5.85. The Balaban J connectivity index is 1.61. The number of aliphatic imine (C=N–C) groups is 1. The van der Waals surface area contributed by atoms with Crippen LogP contribution in [0.2, 0.25) is 0 Å². The summed E-state index contributed by atoms with van der Waals surface area (Å²) in [7, 11) is 0. The zero-order valence-electron chi connectivity index (χ0n) is 15.5. The molecule has 1 saturated heterocycles. The fourth-order valence-corrected chi connectivity index (χ4v) is 3.76. The van der Waals surface area contributed by atoms with E-state index >= 15 is 0 Å². The minimum atomic E-state index is 0.120. The van der Waals surface area contributed by atoms with Crippen molar-refractivity contribution < 1.29 is 4.79 Å². The molecule has 2 heterocycles. The van der Waals surface area contributed by atoms with Crippen LogP contribution in [0.5, 0.6) is 0 Å². The average molecular weight is 342 g/mol. The minimum Gasteiger partial charge on any atom is -0.357 e. The van der Waals surface area contributed by atoms with Crippen molar-refractivity contribution in [2.75, 3.05) is 32.7 Å². The second-order valence-corrected chi connectivity index (χ2v) is 7.20. The first kappa shape index (κ1) is 17.8. The lowest BCUT2D eigenvalue weighted by Crippen LogP contribution is -2.47. The number of carbonyl (C=O) groups is 1. The van der Waals surface area contributed by atoms with E-state index in [0.29, 0.717) is 12.5 Å². The first-order valence-electron chi connectivity index (χ1n) is 9.55. The van der Waals surface area contributed by atoms with Gasteiger partial charge in [0.2, 0.25) is 5.91 Å². The Hall–Kier alpha value is -2.04. The molecule has 3 rings (SSSR count). The number of nitrogens with zero attached hydrogens (tertiary/aromatic N) is 3. The van der Waals surface area contributed by atoms with Crippen molar-refractivity contribution >= 4 is 11.9 Å². The third-order valence-electron chi connectivity index (χ3n) is 5.14. The molecule has 1 amide bonds. The Morgan fingerprint density at radius 3 is 2.80 bits per heavy atom. The number of carbonyl (C=O) groups excluding carboxylic acids is 1. The van der Waals surface area contributed by atoms with E-state index in [2.05, 4.69) is 47.3 Å². The number of hydrogen-bond acceptors (Lipinski definition) is 2. The van der Waals surface area contributed by atoms with Crippen LogP contribution >= 0.6 is 0 Å². The summed E-state index contributed by atoms with van der Waals surface area (Å²) in [6.45, 7) is 8.98. The van der Waals surface area contributed by atoms with Crippen molar-refractivity contribution in [2.45, 2.75) is 39.7 Å². The van der Waals surface area contributed by atoms with Crippen LogP contribution in [0.4, 0.5) is 0 Å². The van der Waals surface area contributed by atoms with Gasteiger partial charge in [-0.3, -0.25) is 4.79 Å². The van der Waals surface area contributed by atoms with E-state index < -0.39 is 0 Å². The first-order valence-corrected chi connectivity index (χ1v) is 9.55. The summed E-state index contributed by atoms with van der Waals surface area (Å²) in [5, 5.41) is 3.35. The number of likely N-dealkylation sites (tertiary alicyclic amines) is 1. The van der Waals surface area contributed by atoms with Gasteiger partial charge in [0.1, 0.15) is 6.54 Å². The van der Waals surface area contributed by atoms with Gasteiger partial charge in [-0.05, 0) is 43.2 Å². The highest BCUT2D eigenvalue weighted by Crippen LogP contribution is 2.19. The van der Waals surface area contributed by atoms with Gasteiger partial charge in [-0.15, -0.1) is 0 Å². The Morgan fingerprint density at radius 2 is 2.04 bits per heavy atom. The fourth-order valence-electron chi connectivity index (χ4n) is 3.76. The maximum Gasteiger partial charge on any atom is 0.244 e. The van der Waals surface area contributed by atoms with E-state index in [9.17, 15) is 4.79 Å². The lowest BCUT2D eigenvalue weighted by Gasteiger charge is -2.34. The van der Waals surface area contributed by atoms with E-state index in [1.54, 1.807) is 0 Å². The van der Waals surface area contributed by atoms with Gasteiger partial charge in [-0.2, -0.15) is 0 Å². The largest absolute Gasteiger partial charge is 0.357 e. The predicted molar refractivity (Wildman–Crippen MR) is 102 cm³/mol. The molecule has 1 aromatic rings. The molecule has 0 spiro atoms. The van der Waals surface area contributed by atoms with Crippen molar-refractivity contribution in [3.8, 4) is 0 Å². The molecule has 5 heteroatoms. The number of benzene rings is 1. The van der Waals surface area contributed by atoms with Gasteiger partial charge in [-0.1, -0.05) is 31.2 Å². The molecule has 1 fully saturated rings. The molecular formula is C20H30N4O. The number of fused-ring (bicyclic) bond motifs is 1. The number of piperidine rings is 1. The van der Waals surface area contributed by atoms with Crippen LogP contribution in [-0.2, 0) is 17.8 Å². The van der Waals surface area contributed by atoms with Crippen molar-refractivity contribution in [2.24, 2.45) is 10.9 Å². The summed E-state index contributed by atoms with van der Waals surface area (Å²) in [5.74, 6) is 1.70. The average Bonchev–Trinajstić information content (AvgIpc) is 2.64. The van der Waals surface area contributed by atoms with Gasteiger partial charge in [0.15, 0.2) is 5.96 Å². The number of amides is 1. The summed E-state index contributed by atoms with van der Waals surface area (Å²) in [6, 6.07) is 8.40. The SMILES string of the molecule is CCNC(=NCC(=O)N1CCc2ccccc2C1)N1CCCC(C)C1. The first-order chi connectivity index (χ1) is 12.2. The third kappa shape index (κ3) is 4.53. The lowest BCUT2D eigenvalue weighted by molar-refractivity contribution is -0.130. The molecule has 0 aliphatic carbocycles. The Bertz CT molecular complexity index is 628. The molecule has 1 aromatic carbocycles. The third-order valence-corrected chi connectivity index (χ3v) is 5.14. The monoisotopic (exact) mass is 342 g/mol. The molecule has 1 unspecified atom stereocenters. The lowest BCUT2D eigenvalue weighted by atomic mass is 10.00. The van der Waals surface area contributed by atoms with Crippen LogP contribution in [-0.4, -0.2) is 54.4 Å². The fraction of sp³-hybridized carbons (Fsp3) is 0.600. The summed E-state index contributed by atoms with van der Waals surface area (Å²) in [5.41, 5.74) is 2.63. The predicted octanol–water partition coefficient (Wildman–Crippen LogP) is 2.27. The van der Waals surface area contributed by atoms with E-state index in [-0.39, 0.29) is 12.5 Å². The molecule has 2 aliphatic heterocycles. The Labute approximate surface area is 151 Å². The maximum atomic E-state index is 12.6. The van der Waals surface area contributed by atoms with Crippen LogP contribution in [0.1, 0.15) is 37.8 Å². The molecule has 2 aliphatic rings. The number of hydrogen-bond donors (Lipinski definition) is 1. The van der Waals surface area contributed by atoms with Crippen LogP contribution in [0.15, 0.2) is 29.3 Å². The Kier molecular flexibility index (Phi) is 5.95. The van der Waals surface area contributed by atoms with E-state index in [4.69, 9.17) is 0 Å². The molecule has 1 N–H and O–H groups in total. The van der Waals surface area contributed by atoms with E-state index in [1.807, 2.05) is 11.0 Å². The van der Waals surface area contributed by atoms with E-state index in [0.717, 1.165) is 38.6 Å². The molecule has 0 aromatic heterocycles. The highest BCUT2D eigenvalue weighted by Gasteiger charge is 2.22. The molecule has 0 bridgehead atoms. The van der Waals surface area contributed by atoms with Gasteiger partial charge in [-0.25, -0.2) is 4.99 Å². The van der Waals surface area contributed by atoms with Crippen molar-refractivity contribution in [1.82, 2.24) is 15.1 Å². The standard InChI is InChI=1S/C20H30N4O/c1-3-21-20(24-11-6-7-16(2)14-24)22-13-19(25)23-12-10-17-8-4-5-9-18(17)15-23/h4-5,8-9,16H,3,6-7,10-15H2,1-2H3,(H,21,22). The van der Waals surface area contributed by atoms with Gasteiger partial charge in [0, 0.05) is 32.7 Å². The summed E-state index contributed by atoms with van der Waals surface area (Å²) >= 11 is 0. The van der Waals surface area contributed by atoms with Crippen LogP contribution in [0, 0.1) is 5.92 Å². The molecule has 1 atom stereocenters. The molecule has 0 radical (unpaired) electrons. The molecule has 136 valence electrons. The molecular weight excluding hydrogens is 312 g/mol. The van der Waals surface area contributed by atoms with Crippen LogP contribution in [0.3, 0.4) is 0 Å². The van der Waals surface area contributed by atoms with Crippen molar-refractivity contribution in [3.63, 3.8) is 0 Å². The Morgan fingerprint density at radius 1 is 1.24 bits per heavy atom. The minimum absolute atomic E-state index is 0.120. The zero-order valence-corrected chi connectivity index (χ0v) is 15.5. The van der Waals surface area contributed by atoms with Gasteiger partial charge in [0.05, 0.1) is 0 Å². The van der Waals surface area contributed by atoms with Crippen molar-refractivity contribution in [1.29, 1.82) is 0 Å². The normalized spacial score (nSPS) is 21.0.